The summed E-state index contributed by atoms with van der Waals surface area (Å²) in [7, 11) is 0. The molecule has 1 unspecified atom stereocenters. The lowest BCUT2D eigenvalue weighted by molar-refractivity contribution is 0.438. The predicted octanol–water partition coefficient (Wildman–Crippen LogP) is 3.25. The predicted molar refractivity (Wildman–Crippen MR) is 84.2 cm³/mol. The van der Waals surface area contributed by atoms with Crippen LogP contribution in [-0.2, 0) is 13.0 Å². The van der Waals surface area contributed by atoms with E-state index in [4.69, 9.17) is 4.98 Å². The molecule has 106 valence electrons. The minimum absolute atomic E-state index is 0.529. The number of allylic oxidation sites excluding steroid dienone is 1. The Balaban J connectivity index is 2.08. The lowest BCUT2D eigenvalue weighted by Gasteiger charge is -2.23. The molecule has 0 radical (unpaired) electrons. The monoisotopic (exact) mass is 269 g/mol. The molecule has 1 atom stereocenters. The van der Waals surface area contributed by atoms with Gasteiger partial charge in [-0.2, -0.15) is 0 Å². The van der Waals surface area contributed by atoms with Gasteiger partial charge in [-0.05, 0) is 43.5 Å². The van der Waals surface area contributed by atoms with Gasteiger partial charge in [-0.3, -0.25) is 0 Å². The number of piperidine rings is 1. The highest BCUT2D eigenvalue weighted by molar-refractivity contribution is 5.77. The molecule has 3 heteroatoms. The number of fused-ring (bicyclic) bond motifs is 1. The van der Waals surface area contributed by atoms with Crippen LogP contribution in [0.2, 0.25) is 0 Å². The van der Waals surface area contributed by atoms with Crippen LogP contribution in [0.25, 0.3) is 11.0 Å². The SMILES string of the molecule is C=CCn1c(C2CCCNC2)nc2cc(CC)ccc21. The van der Waals surface area contributed by atoms with Gasteiger partial charge < -0.3 is 9.88 Å². The number of nitrogens with zero attached hydrogens (tertiary/aromatic N) is 2. The third kappa shape index (κ3) is 2.38. The molecule has 0 aliphatic carbocycles. The number of rotatable bonds is 4. The number of benzene rings is 1. The second kappa shape index (κ2) is 5.80. The van der Waals surface area contributed by atoms with Crippen molar-refractivity contribution in [1.29, 1.82) is 0 Å². The van der Waals surface area contributed by atoms with E-state index in [2.05, 4.69) is 41.6 Å². The third-order valence-corrected chi connectivity index (χ3v) is 4.22. The first-order chi connectivity index (χ1) is 9.83. The van der Waals surface area contributed by atoms with Crippen LogP contribution in [0.1, 0.15) is 37.1 Å². The van der Waals surface area contributed by atoms with Crippen molar-refractivity contribution in [2.24, 2.45) is 0 Å². The summed E-state index contributed by atoms with van der Waals surface area (Å²) in [6.07, 6.45) is 5.50. The Kier molecular flexibility index (Phi) is 3.88. The van der Waals surface area contributed by atoms with E-state index in [9.17, 15) is 0 Å². The van der Waals surface area contributed by atoms with Gasteiger partial charge in [-0.25, -0.2) is 4.98 Å². The van der Waals surface area contributed by atoms with E-state index in [1.54, 1.807) is 0 Å². The first-order valence-electron chi connectivity index (χ1n) is 7.64. The number of aryl methyl sites for hydroxylation is 1. The van der Waals surface area contributed by atoms with E-state index in [-0.39, 0.29) is 0 Å². The van der Waals surface area contributed by atoms with Gasteiger partial charge >= 0.3 is 0 Å². The van der Waals surface area contributed by atoms with Gasteiger partial charge in [-0.15, -0.1) is 6.58 Å². The Bertz CT molecular complexity index is 606. The smallest absolute Gasteiger partial charge is 0.114 e. The van der Waals surface area contributed by atoms with E-state index in [1.807, 2.05) is 6.08 Å². The van der Waals surface area contributed by atoms with Crippen molar-refractivity contribution in [3.8, 4) is 0 Å². The molecule has 3 rings (SSSR count). The maximum atomic E-state index is 4.94. The summed E-state index contributed by atoms with van der Waals surface area (Å²) in [5, 5.41) is 3.49. The first kappa shape index (κ1) is 13.4. The molecule has 1 aromatic carbocycles. The number of imidazole rings is 1. The van der Waals surface area contributed by atoms with Gasteiger partial charge in [0.25, 0.3) is 0 Å². The lowest BCUT2D eigenvalue weighted by Crippen LogP contribution is -2.30. The zero-order valence-electron chi connectivity index (χ0n) is 12.2. The minimum atomic E-state index is 0.529. The van der Waals surface area contributed by atoms with Gasteiger partial charge in [-0.1, -0.05) is 19.1 Å². The Labute approximate surface area is 120 Å². The van der Waals surface area contributed by atoms with Crippen molar-refractivity contribution in [3.05, 3.63) is 42.2 Å². The molecule has 1 aromatic heterocycles. The summed E-state index contributed by atoms with van der Waals surface area (Å²) in [6, 6.07) is 6.66. The van der Waals surface area contributed by atoms with E-state index in [1.165, 1.54) is 29.7 Å². The molecule has 0 amide bonds. The summed E-state index contributed by atoms with van der Waals surface area (Å²) < 4.78 is 2.33. The summed E-state index contributed by atoms with van der Waals surface area (Å²) >= 11 is 0. The maximum Gasteiger partial charge on any atom is 0.114 e. The molecular weight excluding hydrogens is 246 g/mol. The molecule has 1 saturated heterocycles. The van der Waals surface area contributed by atoms with Crippen molar-refractivity contribution in [2.45, 2.75) is 38.6 Å². The zero-order valence-corrected chi connectivity index (χ0v) is 12.2. The fourth-order valence-electron chi connectivity index (χ4n) is 3.12. The Morgan fingerprint density at radius 2 is 2.40 bits per heavy atom. The number of hydrogen-bond donors (Lipinski definition) is 1. The van der Waals surface area contributed by atoms with Crippen LogP contribution in [0.15, 0.2) is 30.9 Å². The molecule has 0 saturated carbocycles. The Hall–Kier alpha value is -1.61. The van der Waals surface area contributed by atoms with E-state index < -0.39 is 0 Å². The van der Waals surface area contributed by atoms with E-state index >= 15 is 0 Å². The highest BCUT2D eigenvalue weighted by Gasteiger charge is 2.21. The largest absolute Gasteiger partial charge is 0.324 e. The van der Waals surface area contributed by atoms with Crippen LogP contribution in [0.5, 0.6) is 0 Å². The summed E-state index contributed by atoms with van der Waals surface area (Å²) in [6.45, 7) is 9.11. The second-order valence-electron chi connectivity index (χ2n) is 5.59. The molecule has 0 spiro atoms. The highest BCUT2D eigenvalue weighted by atomic mass is 15.1. The van der Waals surface area contributed by atoms with Gasteiger partial charge in [0.2, 0.25) is 0 Å². The van der Waals surface area contributed by atoms with Gasteiger partial charge in [0.05, 0.1) is 11.0 Å². The lowest BCUT2D eigenvalue weighted by atomic mass is 9.99. The molecule has 1 N–H and O–H groups in total. The van der Waals surface area contributed by atoms with Crippen LogP contribution < -0.4 is 5.32 Å². The number of hydrogen-bond acceptors (Lipinski definition) is 2. The molecule has 2 aromatic rings. The van der Waals surface area contributed by atoms with Crippen molar-refractivity contribution in [2.75, 3.05) is 13.1 Å². The molecule has 2 heterocycles. The summed E-state index contributed by atoms with van der Waals surface area (Å²) in [5.74, 6) is 1.75. The summed E-state index contributed by atoms with van der Waals surface area (Å²) in [4.78, 5) is 4.94. The Morgan fingerprint density at radius 1 is 1.50 bits per heavy atom. The zero-order chi connectivity index (χ0) is 13.9. The van der Waals surface area contributed by atoms with Crippen molar-refractivity contribution < 1.29 is 0 Å². The van der Waals surface area contributed by atoms with Crippen LogP contribution in [0.3, 0.4) is 0 Å². The van der Waals surface area contributed by atoms with Gasteiger partial charge in [0.15, 0.2) is 0 Å². The van der Waals surface area contributed by atoms with E-state index in [0.717, 1.165) is 31.6 Å². The fourth-order valence-corrected chi connectivity index (χ4v) is 3.12. The fraction of sp³-hybridized carbons (Fsp3) is 0.471. The molecule has 1 fully saturated rings. The van der Waals surface area contributed by atoms with Crippen molar-refractivity contribution >= 4 is 11.0 Å². The maximum absolute atomic E-state index is 4.94. The van der Waals surface area contributed by atoms with E-state index in [0.29, 0.717) is 5.92 Å². The molecule has 20 heavy (non-hydrogen) atoms. The minimum Gasteiger partial charge on any atom is -0.324 e. The van der Waals surface area contributed by atoms with Crippen molar-refractivity contribution in [1.82, 2.24) is 14.9 Å². The molecule has 1 aliphatic rings. The van der Waals surface area contributed by atoms with Gasteiger partial charge in [0, 0.05) is 19.0 Å². The highest BCUT2D eigenvalue weighted by Crippen LogP contribution is 2.27. The molecule has 3 nitrogen and oxygen atoms in total. The Morgan fingerprint density at radius 3 is 3.10 bits per heavy atom. The van der Waals surface area contributed by atoms with Gasteiger partial charge in [0.1, 0.15) is 5.82 Å². The quantitative estimate of drug-likeness (QED) is 0.863. The molecule has 1 aliphatic heterocycles. The van der Waals surface area contributed by atoms with Crippen LogP contribution in [-0.4, -0.2) is 22.6 Å². The van der Waals surface area contributed by atoms with Crippen LogP contribution >= 0.6 is 0 Å². The third-order valence-electron chi connectivity index (χ3n) is 4.22. The standard InChI is InChI=1S/C17H23N3/c1-3-10-20-16-8-7-13(4-2)11-15(16)19-17(20)14-6-5-9-18-12-14/h3,7-8,11,14,18H,1,4-6,9-10,12H2,2H3. The second-order valence-corrected chi connectivity index (χ2v) is 5.59. The topological polar surface area (TPSA) is 29.9 Å². The first-order valence-corrected chi connectivity index (χ1v) is 7.64. The average molecular weight is 269 g/mol. The normalized spacial score (nSPS) is 19.4. The number of aromatic nitrogens is 2. The van der Waals surface area contributed by atoms with Crippen LogP contribution in [0, 0.1) is 0 Å². The van der Waals surface area contributed by atoms with Crippen LogP contribution in [0.4, 0.5) is 0 Å². The molecular formula is C17H23N3. The number of nitrogens with one attached hydrogen (secondary N) is 1. The molecule has 0 bridgehead atoms. The summed E-state index contributed by atoms with van der Waals surface area (Å²) in [5.41, 5.74) is 3.73. The average Bonchev–Trinajstić information content (AvgIpc) is 2.86. The van der Waals surface area contributed by atoms with Crippen molar-refractivity contribution in [3.63, 3.8) is 0 Å².